The van der Waals surface area contributed by atoms with E-state index in [1.54, 1.807) is 6.07 Å². The fourth-order valence-electron chi connectivity index (χ4n) is 6.65. The van der Waals surface area contributed by atoms with Crippen molar-refractivity contribution < 1.29 is 25.5 Å². The molecule has 0 saturated carbocycles. The molecule has 53 heavy (non-hydrogen) atoms. The number of hydrogen-bond acceptors (Lipinski definition) is 11. The Morgan fingerprint density at radius 3 is 1.49 bits per heavy atom. The molecule has 0 spiro atoms. The van der Waals surface area contributed by atoms with Crippen LogP contribution in [0.5, 0.6) is 0 Å². The van der Waals surface area contributed by atoms with Gasteiger partial charge in [0.1, 0.15) is 38.2 Å². The quantitative estimate of drug-likeness (QED) is 0.157. The molecule has 0 saturated heterocycles. The number of fused-ring (bicyclic) bond motifs is 20. The molecule has 4 aromatic heterocycles. The van der Waals surface area contributed by atoms with E-state index in [0.29, 0.717) is 39.7 Å². The number of nitrogens with two attached hydrogens (primary N) is 1. The zero-order valence-corrected chi connectivity index (χ0v) is 29.7. The Morgan fingerprint density at radius 2 is 0.981 bits per heavy atom. The van der Waals surface area contributed by atoms with Crippen LogP contribution in [0.1, 0.15) is 0 Å². The van der Waals surface area contributed by atoms with Gasteiger partial charge in [-0.25, -0.2) is 43.5 Å². The molecule has 2 aliphatic rings. The first-order valence-electron chi connectivity index (χ1n) is 15.6. The molecule has 0 atom stereocenters. The summed E-state index contributed by atoms with van der Waals surface area (Å²) in [7, 11) is -4.51. The first-order valence-corrected chi connectivity index (χ1v) is 17.9. The van der Waals surface area contributed by atoms with Crippen LogP contribution in [0.25, 0.3) is 101 Å². The standard InChI is InChI=1S/C35H18Cl2N12O2S.Cu/c36-24-25(47-49-48-27(24)37)22-14-13-21-23(26(22)52(38,50)51)35-45-33-20-12-6-5-11-19(20)31(43-33)41-29-16-8-2-1-7-15(16)28(39-29)40-30-17-9-3-4-10-18(17)32(42-30)44-34(21)46-35;/h1-14H,(H2,38,50,51)(H2,39,40,41,42,43,44,45,46);. The Labute approximate surface area is 318 Å². The van der Waals surface area contributed by atoms with Crippen LogP contribution >= 0.6 is 23.2 Å². The largest absolute Gasteiger partial charge is 0.324 e. The summed E-state index contributed by atoms with van der Waals surface area (Å²) in [6, 6.07) is 26.0. The van der Waals surface area contributed by atoms with E-state index in [4.69, 9.17) is 58.2 Å². The molecule has 0 amide bonds. The van der Waals surface area contributed by atoms with Crippen LogP contribution in [0.3, 0.4) is 0 Å². The second-order valence-electron chi connectivity index (χ2n) is 11.9. The molecule has 10 rings (SSSR count). The summed E-state index contributed by atoms with van der Waals surface area (Å²) in [6.07, 6.45) is 0. The van der Waals surface area contributed by atoms with Crippen molar-refractivity contribution in [3.05, 3.63) is 95.1 Å². The molecule has 1 radical (unpaired) electrons. The first kappa shape index (κ1) is 33.1. The van der Waals surface area contributed by atoms with E-state index in [9.17, 15) is 8.42 Å². The molecule has 8 aromatic rings. The second-order valence-corrected chi connectivity index (χ2v) is 14.1. The van der Waals surface area contributed by atoms with Gasteiger partial charge in [-0.3, -0.25) is 0 Å². The van der Waals surface area contributed by atoms with Gasteiger partial charge in [0.15, 0.2) is 28.5 Å². The van der Waals surface area contributed by atoms with Gasteiger partial charge < -0.3 is 9.97 Å². The van der Waals surface area contributed by atoms with Crippen LogP contribution in [0, 0.1) is 0 Å². The average molecular weight is 805 g/mol. The maximum atomic E-state index is 13.6. The molecule has 4 N–H and O–H groups in total. The summed E-state index contributed by atoms with van der Waals surface area (Å²) in [5.41, 5.74) is 4.32. The van der Waals surface area contributed by atoms with Crippen molar-refractivity contribution in [3.63, 3.8) is 0 Å². The fourth-order valence-corrected chi connectivity index (χ4v) is 7.91. The minimum atomic E-state index is -4.51. The normalized spacial score (nSPS) is 12.1. The number of H-pyrrole nitrogens is 2. The van der Waals surface area contributed by atoms with Gasteiger partial charge in [0.05, 0.1) is 0 Å². The van der Waals surface area contributed by atoms with E-state index in [1.807, 2.05) is 72.8 Å². The Morgan fingerprint density at radius 1 is 0.528 bits per heavy atom. The van der Waals surface area contributed by atoms with Crippen LogP contribution in [-0.4, -0.2) is 63.7 Å². The molecular weight excluding hydrogens is 787 g/mol. The van der Waals surface area contributed by atoms with Gasteiger partial charge in [-0.15, -0.1) is 10.2 Å². The molecule has 0 fully saturated rings. The number of aromatic nitrogens is 11. The van der Waals surface area contributed by atoms with Crippen molar-refractivity contribution in [1.82, 2.24) is 55.3 Å². The summed E-state index contributed by atoms with van der Waals surface area (Å²) in [4.78, 5) is 35.9. The van der Waals surface area contributed by atoms with Gasteiger partial charge in [-0.05, 0) is 11.3 Å². The predicted molar refractivity (Wildman–Crippen MR) is 196 cm³/mol. The van der Waals surface area contributed by atoms with Crippen LogP contribution in [-0.2, 0) is 27.1 Å². The fraction of sp³-hybridized carbons (Fsp3) is 0. The number of hydrogen-bond donors (Lipinski definition) is 3. The maximum Gasteiger partial charge on any atom is 0.239 e. The minimum Gasteiger partial charge on any atom is -0.324 e. The molecule has 14 nitrogen and oxygen atoms in total. The van der Waals surface area contributed by atoms with E-state index in [0.717, 1.165) is 27.5 Å². The zero-order valence-electron chi connectivity index (χ0n) is 26.5. The van der Waals surface area contributed by atoms with Crippen LogP contribution in [0.4, 0.5) is 0 Å². The number of aromatic amines is 2. The third kappa shape index (κ3) is 5.18. The van der Waals surface area contributed by atoms with Crippen molar-refractivity contribution >= 4 is 77.4 Å². The van der Waals surface area contributed by atoms with E-state index in [1.165, 1.54) is 6.07 Å². The number of rotatable bonds is 2. The SMILES string of the molecule is NS(=O)(=O)c1c(-c2nnnc(Cl)c2Cl)ccc2c3nc4nc(nc5[nH]c(nc6nc(nc([nH]3)c12)-c1ccccc1-6)c1ccccc51)-c1ccccc1-4.[Cu]. The number of halogens is 2. The molecule has 18 heteroatoms. The third-order valence-electron chi connectivity index (χ3n) is 8.88. The van der Waals surface area contributed by atoms with E-state index >= 15 is 0 Å². The van der Waals surface area contributed by atoms with E-state index in [-0.39, 0.29) is 65.9 Å². The van der Waals surface area contributed by atoms with Crippen molar-refractivity contribution in [2.45, 2.75) is 4.90 Å². The van der Waals surface area contributed by atoms with E-state index < -0.39 is 10.0 Å². The summed E-state index contributed by atoms with van der Waals surface area (Å²) in [5, 5.41) is 19.2. The van der Waals surface area contributed by atoms with Crippen LogP contribution in [0.15, 0.2) is 89.8 Å². The number of benzene rings is 4. The van der Waals surface area contributed by atoms with E-state index in [2.05, 4.69) is 25.4 Å². The molecule has 2 aliphatic heterocycles. The Kier molecular flexibility index (Phi) is 7.60. The number of nitrogens with zero attached hydrogens (tertiary/aromatic N) is 9. The van der Waals surface area contributed by atoms with Gasteiger partial charge in [0.25, 0.3) is 0 Å². The molecule has 0 unspecified atom stereocenters. The van der Waals surface area contributed by atoms with Crippen molar-refractivity contribution in [3.8, 4) is 56.8 Å². The number of nitrogens with one attached hydrogen (secondary N) is 2. The van der Waals surface area contributed by atoms with Crippen molar-refractivity contribution in [1.29, 1.82) is 0 Å². The average Bonchev–Trinajstić information content (AvgIpc) is 3.88. The first-order chi connectivity index (χ1) is 25.2. The molecule has 261 valence electrons. The zero-order chi connectivity index (χ0) is 35.3. The topological polar surface area (TPSA) is 208 Å². The maximum absolute atomic E-state index is 13.6. The van der Waals surface area contributed by atoms with Gasteiger partial charge >= 0.3 is 0 Å². The van der Waals surface area contributed by atoms with Gasteiger partial charge in [-0.2, -0.15) is 0 Å². The summed E-state index contributed by atoms with van der Waals surface area (Å²) < 4.78 is 27.2. The summed E-state index contributed by atoms with van der Waals surface area (Å²) in [6.45, 7) is 0. The van der Waals surface area contributed by atoms with Gasteiger partial charge in [0.2, 0.25) is 10.0 Å². The number of primary sulfonamides is 1. The number of sulfonamides is 1. The molecule has 8 bridgehead atoms. The van der Waals surface area contributed by atoms with Crippen LogP contribution < -0.4 is 5.14 Å². The Bertz CT molecular complexity index is 3170. The summed E-state index contributed by atoms with van der Waals surface area (Å²) >= 11 is 12.7. The smallest absolute Gasteiger partial charge is 0.239 e. The molecule has 4 aromatic carbocycles. The van der Waals surface area contributed by atoms with Gasteiger partial charge in [-0.1, -0.05) is 102 Å². The Balaban J connectivity index is 0.00000372. The molecule has 6 heterocycles. The monoisotopic (exact) mass is 803 g/mol. The van der Waals surface area contributed by atoms with Crippen LogP contribution in [0.2, 0.25) is 10.2 Å². The molecular formula is C35H18Cl2CuN12O2S. The Hall–Kier alpha value is -5.74. The second kappa shape index (κ2) is 12.2. The minimum absolute atomic E-state index is 0. The predicted octanol–water partition coefficient (Wildman–Crippen LogP) is 6.67. The third-order valence-corrected chi connectivity index (χ3v) is 10.6. The van der Waals surface area contributed by atoms with Gasteiger partial charge in [0, 0.05) is 66.4 Å². The summed E-state index contributed by atoms with van der Waals surface area (Å²) in [5.74, 6) is 1.43. The molecule has 0 aliphatic carbocycles. The van der Waals surface area contributed by atoms with Crippen molar-refractivity contribution in [2.24, 2.45) is 5.14 Å². The van der Waals surface area contributed by atoms with Crippen molar-refractivity contribution in [2.75, 3.05) is 0 Å².